The number of carbonyl (C=O) groups excluding carboxylic acids is 2. The van der Waals surface area contributed by atoms with Gasteiger partial charge in [-0.15, -0.1) is 0 Å². The van der Waals surface area contributed by atoms with Gasteiger partial charge in [-0.1, -0.05) is 30.3 Å². The maximum atomic E-state index is 13.0. The average molecular weight is 680 g/mol. The highest BCUT2D eigenvalue weighted by Gasteiger charge is 2.35. The molecule has 204 valence electrons. The predicted molar refractivity (Wildman–Crippen MR) is 159 cm³/mol. The minimum absolute atomic E-state index is 0.0162. The molecule has 8 nitrogen and oxygen atoms in total. The van der Waals surface area contributed by atoms with Crippen LogP contribution in [0.3, 0.4) is 0 Å². The lowest BCUT2D eigenvalue weighted by Crippen LogP contribution is -2.32. The van der Waals surface area contributed by atoms with Crippen LogP contribution in [0.5, 0.6) is 17.2 Å². The third kappa shape index (κ3) is 6.95. The van der Waals surface area contributed by atoms with Gasteiger partial charge in [0, 0.05) is 0 Å². The summed E-state index contributed by atoms with van der Waals surface area (Å²) in [6.07, 6.45) is 1.58. The second-order valence-corrected chi connectivity index (χ2v) is 12.3. The molecule has 0 unspecified atom stereocenters. The van der Waals surface area contributed by atoms with Crippen LogP contribution in [0.1, 0.15) is 23.6 Å². The number of imide groups is 1. The van der Waals surface area contributed by atoms with Crippen LogP contribution in [0, 0.1) is 17.4 Å². The highest BCUT2D eigenvalue weighted by molar-refractivity contribution is 14.1. The smallest absolute Gasteiger partial charge is 0.339 e. The molecule has 0 radical (unpaired) electrons. The molecule has 0 bridgehead atoms. The zero-order valence-corrected chi connectivity index (χ0v) is 25.3. The minimum Gasteiger partial charge on any atom is -0.491 e. The number of carbonyl (C=O) groups is 2. The highest BCUT2D eigenvalue weighted by atomic mass is 127. The van der Waals surface area contributed by atoms with E-state index in [2.05, 4.69) is 0 Å². The van der Waals surface area contributed by atoms with Gasteiger partial charge in [-0.05, 0) is 108 Å². The summed E-state index contributed by atoms with van der Waals surface area (Å²) < 4.78 is 43.0. The maximum absolute atomic E-state index is 13.0. The molecule has 0 aromatic heterocycles. The summed E-state index contributed by atoms with van der Waals surface area (Å²) in [7, 11) is -4.09. The Bertz CT molecular complexity index is 1540. The molecule has 1 aliphatic heterocycles. The van der Waals surface area contributed by atoms with Gasteiger partial charge in [0.15, 0.2) is 11.5 Å². The molecular weight excluding hydrogens is 653 g/mol. The van der Waals surface area contributed by atoms with Crippen LogP contribution >= 0.6 is 34.4 Å². The third-order valence-electron chi connectivity index (χ3n) is 5.64. The van der Waals surface area contributed by atoms with Crippen molar-refractivity contribution in [1.29, 1.82) is 0 Å². The molecule has 1 heterocycles. The van der Waals surface area contributed by atoms with Crippen LogP contribution in [0.25, 0.3) is 6.08 Å². The first-order valence-electron chi connectivity index (χ1n) is 12.0. The topological polar surface area (TPSA) is 99.2 Å². The van der Waals surface area contributed by atoms with Gasteiger partial charge in [-0.25, -0.2) is 0 Å². The number of rotatable bonds is 10. The number of halogens is 1. The van der Waals surface area contributed by atoms with E-state index >= 15 is 0 Å². The number of amides is 2. The Morgan fingerprint density at radius 2 is 1.72 bits per heavy atom. The summed E-state index contributed by atoms with van der Waals surface area (Å²) in [6, 6.07) is 16.9. The molecule has 0 atom stereocenters. The summed E-state index contributed by atoms with van der Waals surface area (Å²) in [4.78, 5) is 27.0. The first-order valence-corrected chi connectivity index (χ1v) is 15.3. The summed E-state index contributed by atoms with van der Waals surface area (Å²) in [6.45, 7) is 6.21. The fraction of sp³-hybridized carbons (Fsp3) is 0.214. The van der Waals surface area contributed by atoms with Crippen molar-refractivity contribution in [2.75, 3.05) is 19.8 Å². The molecule has 0 saturated carbocycles. The van der Waals surface area contributed by atoms with Gasteiger partial charge in [0.05, 0.1) is 21.6 Å². The lowest BCUT2D eigenvalue weighted by atomic mass is 10.1. The highest BCUT2D eigenvalue weighted by Crippen LogP contribution is 2.38. The van der Waals surface area contributed by atoms with E-state index in [1.807, 2.05) is 54.6 Å². The number of nitrogens with zero attached hydrogens (tertiary/aromatic N) is 1. The minimum atomic E-state index is -4.09. The largest absolute Gasteiger partial charge is 0.491 e. The number of aryl methyl sites for hydroxylation is 2. The van der Waals surface area contributed by atoms with E-state index in [-0.39, 0.29) is 46.3 Å². The van der Waals surface area contributed by atoms with Crippen molar-refractivity contribution in [3.8, 4) is 17.2 Å². The second-order valence-electron chi connectivity index (χ2n) is 8.56. The van der Waals surface area contributed by atoms with E-state index in [4.69, 9.17) is 13.7 Å². The SMILES string of the molecule is CCOc1cc(/C=C2\SC(=O)N(CCOc3cc(C)ccc3C)C2=O)cc(I)c1OS(=O)(=O)c1ccccc1. The lowest BCUT2D eigenvalue weighted by Gasteiger charge is -2.15. The van der Waals surface area contributed by atoms with E-state index in [9.17, 15) is 18.0 Å². The molecule has 0 spiro atoms. The summed E-state index contributed by atoms with van der Waals surface area (Å²) in [5.74, 6) is 0.549. The maximum Gasteiger partial charge on any atom is 0.339 e. The molecule has 39 heavy (non-hydrogen) atoms. The predicted octanol–water partition coefficient (Wildman–Crippen LogP) is 6.19. The molecule has 4 rings (SSSR count). The molecular formula is C28H26INO7S2. The van der Waals surface area contributed by atoms with Crippen LogP contribution < -0.4 is 13.7 Å². The Morgan fingerprint density at radius 3 is 2.44 bits per heavy atom. The first kappa shape index (κ1) is 29.0. The molecule has 3 aromatic rings. The van der Waals surface area contributed by atoms with E-state index in [0.29, 0.717) is 14.9 Å². The monoisotopic (exact) mass is 679 g/mol. The first-order chi connectivity index (χ1) is 18.6. The Morgan fingerprint density at radius 1 is 0.974 bits per heavy atom. The van der Waals surface area contributed by atoms with E-state index in [0.717, 1.165) is 27.8 Å². The van der Waals surface area contributed by atoms with Crippen LogP contribution in [0.4, 0.5) is 4.79 Å². The standard InChI is InChI=1S/C28H26INO7S2/c1-4-35-24-16-20(15-22(29)26(24)37-39(33,34)21-8-6-5-7-9-21)17-25-27(31)30(28(32)38-25)12-13-36-23-14-18(2)10-11-19(23)3/h5-11,14-17H,4,12-13H2,1-3H3/b25-17-. The Kier molecular flexibility index (Phi) is 9.23. The van der Waals surface area contributed by atoms with Crippen molar-refractivity contribution in [3.05, 3.63) is 85.8 Å². The molecule has 2 amide bonds. The third-order valence-corrected chi connectivity index (χ3v) is 8.59. The number of thioether (sulfide) groups is 1. The van der Waals surface area contributed by atoms with Crippen molar-refractivity contribution >= 4 is 61.7 Å². The van der Waals surface area contributed by atoms with Crippen LogP contribution in [0.2, 0.25) is 0 Å². The molecule has 3 aromatic carbocycles. The zero-order chi connectivity index (χ0) is 28.2. The van der Waals surface area contributed by atoms with Gasteiger partial charge in [0.25, 0.3) is 11.1 Å². The lowest BCUT2D eigenvalue weighted by molar-refractivity contribution is -0.123. The molecule has 1 saturated heterocycles. The number of hydrogen-bond donors (Lipinski definition) is 0. The van der Waals surface area contributed by atoms with Crippen molar-refractivity contribution in [2.45, 2.75) is 25.7 Å². The molecule has 11 heteroatoms. The van der Waals surface area contributed by atoms with Gasteiger partial charge in [-0.2, -0.15) is 8.42 Å². The Labute approximate surface area is 245 Å². The van der Waals surface area contributed by atoms with Crippen LogP contribution in [-0.4, -0.2) is 44.2 Å². The van der Waals surface area contributed by atoms with Crippen molar-refractivity contribution in [3.63, 3.8) is 0 Å². The molecule has 1 aliphatic rings. The number of benzene rings is 3. The normalized spacial score (nSPS) is 14.7. The van der Waals surface area contributed by atoms with Crippen molar-refractivity contribution in [1.82, 2.24) is 4.90 Å². The second kappa shape index (κ2) is 12.4. The quantitative estimate of drug-likeness (QED) is 0.142. The van der Waals surface area contributed by atoms with Gasteiger partial charge >= 0.3 is 10.1 Å². The van der Waals surface area contributed by atoms with E-state index < -0.39 is 16.0 Å². The Balaban J connectivity index is 1.52. The van der Waals surface area contributed by atoms with Gasteiger partial charge in [-0.3, -0.25) is 14.5 Å². The van der Waals surface area contributed by atoms with Crippen molar-refractivity contribution < 1.29 is 31.7 Å². The summed E-state index contributed by atoms with van der Waals surface area (Å²) in [5.41, 5.74) is 2.59. The molecule has 0 aliphatic carbocycles. The average Bonchev–Trinajstić information content (AvgIpc) is 3.16. The van der Waals surface area contributed by atoms with E-state index in [1.165, 1.54) is 12.1 Å². The number of ether oxygens (including phenoxy) is 2. The van der Waals surface area contributed by atoms with Gasteiger partial charge in [0.1, 0.15) is 17.3 Å². The fourth-order valence-electron chi connectivity index (χ4n) is 3.71. The van der Waals surface area contributed by atoms with Crippen LogP contribution in [0.15, 0.2) is 70.5 Å². The van der Waals surface area contributed by atoms with Gasteiger partial charge in [0.2, 0.25) is 0 Å². The number of hydrogen-bond acceptors (Lipinski definition) is 8. The summed E-state index contributed by atoms with van der Waals surface area (Å²) in [5, 5.41) is -0.385. The van der Waals surface area contributed by atoms with Gasteiger partial charge < -0.3 is 13.7 Å². The van der Waals surface area contributed by atoms with Crippen LogP contribution in [-0.2, 0) is 14.9 Å². The van der Waals surface area contributed by atoms with E-state index in [1.54, 1.807) is 43.3 Å². The zero-order valence-electron chi connectivity index (χ0n) is 21.5. The summed E-state index contributed by atoms with van der Waals surface area (Å²) >= 11 is 2.79. The fourth-order valence-corrected chi connectivity index (χ4v) is 6.44. The van der Waals surface area contributed by atoms with Crippen molar-refractivity contribution in [2.24, 2.45) is 0 Å². The Hall–Kier alpha value is -3.03. The molecule has 0 N–H and O–H groups in total. The molecule has 1 fully saturated rings.